The highest BCUT2D eigenvalue weighted by Crippen LogP contribution is 2.56. The van der Waals surface area contributed by atoms with Crippen molar-refractivity contribution in [3.05, 3.63) is 41.3 Å². The number of allylic oxidation sites excluding steroid dienone is 1. The van der Waals surface area contributed by atoms with Crippen LogP contribution in [0.15, 0.2) is 35.7 Å². The normalized spacial score (nSPS) is 34.1. The second kappa shape index (κ2) is 11.3. The van der Waals surface area contributed by atoms with E-state index in [1.165, 1.54) is 41.4 Å². The maximum atomic E-state index is 13.4. The van der Waals surface area contributed by atoms with Crippen LogP contribution < -0.4 is 11.3 Å². The Hall–Kier alpha value is -3.62. The molecule has 2 saturated heterocycles. The summed E-state index contributed by atoms with van der Waals surface area (Å²) in [6.45, 7) is -1.56. The molecule has 0 radical (unpaired) electrons. The number of fused-ring (bicyclic) bond motifs is 4. The summed E-state index contributed by atoms with van der Waals surface area (Å²) in [5.74, 6) is -1.01. The first-order valence-corrected chi connectivity index (χ1v) is 16.7. The Labute approximate surface area is 257 Å². The van der Waals surface area contributed by atoms with Crippen molar-refractivity contribution >= 4 is 49.6 Å². The quantitative estimate of drug-likeness (QED) is 0.178. The molecule has 0 aromatic carbocycles. The first-order valence-electron chi connectivity index (χ1n) is 13.7. The van der Waals surface area contributed by atoms with E-state index in [4.69, 9.17) is 33.3 Å². The summed E-state index contributed by atoms with van der Waals surface area (Å²) in [4.78, 5) is 56.8. The Morgan fingerprint density at radius 2 is 1.96 bits per heavy atom. The SMILES string of the molecule is COC1C2=C(n3cnc4c(=O)[nH]cnc43)C[C@@H]1COP(=O)(O)OC1(CCOP(=O)(O)O2)COC(n2cnc3cnc(N)nc32)C1O. The van der Waals surface area contributed by atoms with Crippen LogP contribution in [0.3, 0.4) is 0 Å². The van der Waals surface area contributed by atoms with Gasteiger partial charge >= 0.3 is 15.6 Å². The number of hydrogen-bond acceptors (Lipinski definition) is 16. The minimum absolute atomic E-state index is 0.00494. The van der Waals surface area contributed by atoms with E-state index in [0.717, 1.165) is 0 Å². The predicted molar refractivity (Wildman–Crippen MR) is 152 cm³/mol. The fourth-order valence-electron chi connectivity index (χ4n) is 5.84. The Morgan fingerprint density at radius 1 is 1.13 bits per heavy atom. The van der Waals surface area contributed by atoms with Crippen molar-refractivity contribution < 1.29 is 51.6 Å². The molecule has 6 unspecified atom stereocenters. The van der Waals surface area contributed by atoms with Gasteiger partial charge in [0.1, 0.15) is 29.7 Å². The molecule has 21 nitrogen and oxygen atoms in total. The zero-order valence-electron chi connectivity index (χ0n) is 23.8. The van der Waals surface area contributed by atoms with Crippen molar-refractivity contribution in [2.45, 2.75) is 36.9 Å². The molecule has 2 aliphatic heterocycles. The zero-order chi connectivity index (χ0) is 32.4. The van der Waals surface area contributed by atoms with E-state index in [2.05, 4.69) is 29.9 Å². The van der Waals surface area contributed by atoms with Crippen LogP contribution in [0.1, 0.15) is 19.1 Å². The zero-order valence-corrected chi connectivity index (χ0v) is 25.6. The predicted octanol–water partition coefficient (Wildman–Crippen LogP) is 0.0446. The van der Waals surface area contributed by atoms with Gasteiger partial charge < -0.3 is 34.7 Å². The number of phosphoric acid groups is 2. The Kier molecular flexibility index (Phi) is 7.59. The number of anilines is 1. The highest BCUT2D eigenvalue weighted by Gasteiger charge is 2.56. The maximum Gasteiger partial charge on any atom is 0.527 e. The van der Waals surface area contributed by atoms with Crippen LogP contribution in [0.2, 0.25) is 0 Å². The molecule has 7 atom stereocenters. The number of hydrogen-bond donors (Lipinski definition) is 5. The smallest absolute Gasteiger partial charge is 0.404 e. The Bertz CT molecular complexity index is 2010. The van der Waals surface area contributed by atoms with Crippen LogP contribution in [-0.4, -0.2) is 98.7 Å². The average molecular weight is 683 g/mol. The van der Waals surface area contributed by atoms with Gasteiger partial charge in [-0.25, -0.2) is 29.1 Å². The summed E-state index contributed by atoms with van der Waals surface area (Å²) >= 11 is 0. The summed E-state index contributed by atoms with van der Waals surface area (Å²) in [6, 6.07) is 0. The van der Waals surface area contributed by atoms with E-state index in [0.29, 0.717) is 5.52 Å². The molecule has 4 aromatic rings. The van der Waals surface area contributed by atoms with Gasteiger partial charge in [-0.05, 0) is 6.42 Å². The van der Waals surface area contributed by atoms with Crippen LogP contribution in [0.5, 0.6) is 0 Å². The number of phosphoric ester groups is 2. The standard InChI is InChI=1S/C23H27N9O12P2/c1-39-15-11-4-13(31-10-29-14-19(31)26-8-27-20(14)34)16(15)43-45(35,36)41-3-2-23(44-46(37,38)42-6-11)7-40-21(17(23)33)32-9-28-12-5-25-22(24)30-18(12)32/h5,8-11,15,17,21,33H,2-4,6-7H2,1H3,(H,35,36)(H,37,38)(H2,24,25,30)(H,26,27,34)/t11-,15?,17?,21?,23?/m1/s1. The summed E-state index contributed by atoms with van der Waals surface area (Å²) in [5, 5.41) is 11.5. The minimum atomic E-state index is -4.98. The topological polar surface area (TPSA) is 283 Å². The third-order valence-corrected chi connectivity index (χ3v) is 9.98. The minimum Gasteiger partial charge on any atom is -0.404 e. The molecule has 6 heterocycles. The Morgan fingerprint density at radius 3 is 2.76 bits per heavy atom. The van der Waals surface area contributed by atoms with Gasteiger partial charge in [-0.2, -0.15) is 4.98 Å². The van der Waals surface area contributed by atoms with E-state index in [1.807, 2.05) is 0 Å². The molecule has 7 rings (SSSR count). The molecule has 6 N–H and O–H groups in total. The fourth-order valence-corrected chi connectivity index (χ4v) is 7.82. The number of nitrogens with two attached hydrogens (primary N) is 1. The van der Waals surface area contributed by atoms with Gasteiger partial charge in [0.2, 0.25) is 5.95 Å². The second-order valence-corrected chi connectivity index (χ2v) is 13.5. The average Bonchev–Trinajstić information content (AvgIpc) is 3.76. The number of nitrogens with zero attached hydrogens (tertiary/aromatic N) is 7. The molecule has 0 amide bonds. The van der Waals surface area contributed by atoms with Gasteiger partial charge in [-0.15, -0.1) is 0 Å². The number of aromatic nitrogens is 8. The van der Waals surface area contributed by atoms with Gasteiger partial charge in [0.05, 0.1) is 44.4 Å². The summed E-state index contributed by atoms with van der Waals surface area (Å²) in [6.07, 6.45) is 0.703. The van der Waals surface area contributed by atoms with Crippen LogP contribution in [0.4, 0.5) is 5.95 Å². The summed E-state index contributed by atoms with van der Waals surface area (Å²) < 4.78 is 62.7. The van der Waals surface area contributed by atoms with Crippen LogP contribution in [0, 0.1) is 5.92 Å². The molecule has 246 valence electrons. The molecule has 4 aromatic heterocycles. The van der Waals surface area contributed by atoms with Crippen molar-refractivity contribution in [2.24, 2.45) is 5.92 Å². The molecular weight excluding hydrogens is 656 g/mol. The fraction of sp³-hybridized carbons (Fsp3) is 0.478. The summed E-state index contributed by atoms with van der Waals surface area (Å²) in [7, 11) is -8.60. The van der Waals surface area contributed by atoms with Crippen molar-refractivity contribution in [1.29, 1.82) is 0 Å². The van der Waals surface area contributed by atoms with Crippen molar-refractivity contribution in [3.63, 3.8) is 0 Å². The molecule has 3 aliphatic rings. The highest BCUT2D eigenvalue weighted by atomic mass is 31.2. The van der Waals surface area contributed by atoms with Gasteiger partial charge in [0, 0.05) is 19.4 Å². The van der Waals surface area contributed by atoms with Crippen molar-refractivity contribution in [3.8, 4) is 0 Å². The van der Waals surface area contributed by atoms with E-state index < -0.39 is 77.4 Å². The van der Waals surface area contributed by atoms with Crippen LogP contribution >= 0.6 is 15.6 Å². The van der Waals surface area contributed by atoms with Crippen molar-refractivity contribution in [2.75, 3.05) is 32.7 Å². The molecular formula is C23H27N9O12P2. The molecule has 0 saturated carbocycles. The third-order valence-electron chi connectivity index (χ3n) is 7.97. The number of imidazole rings is 2. The van der Waals surface area contributed by atoms with E-state index in [1.54, 1.807) is 0 Å². The highest BCUT2D eigenvalue weighted by molar-refractivity contribution is 7.47. The lowest BCUT2D eigenvalue weighted by molar-refractivity contribution is -0.0710. The summed E-state index contributed by atoms with van der Waals surface area (Å²) in [5.41, 5.74) is 4.11. The molecule has 1 spiro atoms. The maximum absolute atomic E-state index is 13.4. The second-order valence-electron chi connectivity index (χ2n) is 10.7. The lowest BCUT2D eigenvalue weighted by Gasteiger charge is -2.33. The van der Waals surface area contributed by atoms with E-state index >= 15 is 0 Å². The number of rotatable bonds is 3. The number of nitrogen functional groups attached to an aromatic ring is 1. The molecule has 2 bridgehead atoms. The van der Waals surface area contributed by atoms with Gasteiger partial charge in [0.15, 0.2) is 28.8 Å². The van der Waals surface area contributed by atoms with E-state index in [-0.39, 0.29) is 40.6 Å². The number of aliphatic hydroxyl groups excluding tert-OH is 1. The molecule has 2 fully saturated rings. The van der Waals surface area contributed by atoms with Gasteiger partial charge in [0.25, 0.3) is 5.56 Å². The van der Waals surface area contributed by atoms with E-state index in [9.17, 15) is 28.8 Å². The van der Waals surface area contributed by atoms with Gasteiger partial charge in [-0.3, -0.25) is 32.4 Å². The van der Waals surface area contributed by atoms with Gasteiger partial charge in [-0.1, -0.05) is 0 Å². The molecule has 23 heteroatoms. The number of nitrogens with one attached hydrogen (secondary N) is 1. The monoisotopic (exact) mass is 683 g/mol. The van der Waals surface area contributed by atoms with Crippen molar-refractivity contribution in [1.82, 2.24) is 39.0 Å². The number of aliphatic hydroxyl groups is 1. The number of aromatic amines is 1. The molecule has 46 heavy (non-hydrogen) atoms. The molecule has 1 aliphatic carbocycles. The number of ether oxygens (including phenoxy) is 2. The number of methoxy groups -OCH3 is 1. The first-order chi connectivity index (χ1) is 21.9. The van der Waals surface area contributed by atoms with Crippen LogP contribution in [-0.2, 0) is 36.7 Å². The Balaban J connectivity index is 1.22. The lowest BCUT2D eigenvalue weighted by atomic mass is 9.95. The number of H-pyrrole nitrogens is 1. The third kappa shape index (κ3) is 5.33. The van der Waals surface area contributed by atoms with Crippen LogP contribution in [0.25, 0.3) is 28.0 Å². The largest absolute Gasteiger partial charge is 0.527 e. The first kappa shape index (κ1) is 31.0. The lowest BCUT2D eigenvalue weighted by Crippen LogP contribution is -2.45.